The Kier molecular flexibility index (Phi) is 3.91. The maximum atomic E-state index is 11.4. The molecule has 0 radical (unpaired) electrons. The van der Waals surface area contributed by atoms with Crippen molar-refractivity contribution < 1.29 is 8.76 Å². The molecule has 1 aliphatic heterocycles. The Morgan fingerprint density at radius 3 is 3.04 bits per heavy atom. The van der Waals surface area contributed by atoms with Gasteiger partial charge in [-0.25, -0.2) is 14.2 Å². The SMILES string of the molecule is Cc1nc2nnc3nccc3c2c(C2CCN(C(C#N)S(=O)O)C2)[nH]1. The van der Waals surface area contributed by atoms with Gasteiger partial charge in [0.25, 0.3) is 0 Å². The van der Waals surface area contributed by atoms with E-state index in [1.807, 2.05) is 19.1 Å². The van der Waals surface area contributed by atoms with E-state index in [1.54, 1.807) is 11.1 Å². The molecule has 25 heavy (non-hydrogen) atoms. The third-order valence-electron chi connectivity index (χ3n) is 4.53. The average molecular weight is 357 g/mol. The standard InChI is InChI=1S/C15H15N7O2S/c1-8-18-13(9-3-5-22(7-9)11(6-16)25(23)24)12-10-2-4-17-14(10)20-21-15(12)19-8/h2,4,9,11H,3,5,7H2,1H3,(H,23,24)(H,18,19,21). The first-order valence-electron chi connectivity index (χ1n) is 7.79. The highest BCUT2D eigenvalue weighted by Gasteiger charge is 2.33. The molecule has 10 heteroatoms. The van der Waals surface area contributed by atoms with Gasteiger partial charge in [0.2, 0.25) is 0 Å². The summed E-state index contributed by atoms with van der Waals surface area (Å²) in [6.45, 7) is 2.94. The Bertz CT molecular complexity index is 1030. The molecule has 0 amide bonds. The van der Waals surface area contributed by atoms with Gasteiger partial charge < -0.3 is 9.54 Å². The molecule has 3 aromatic rings. The van der Waals surface area contributed by atoms with Gasteiger partial charge in [-0.1, -0.05) is 0 Å². The highest BCUT2D eigenvalue weighted by molar-refractivity contribution is 7.80. The quantitative estimate of drug-likeness (QED) is 0.665. The maximum Gasteiger partial charge on any atom is 0.200 e. The van der Waals surface area contributed by atoms with Crippen molar-refractivity contribution in [2.75, 3.05) is 13.1 Å². The summed E-state index contributed by atoms with van der Waals surface area (Å²) in [4.78, 5) is 13.7. The van der Waals surface area contributed by atoms with Gasteiger partial charge in [0.15, 0.2) is 27.7 Å². The van der Waals surface area contributed by atoms with Crippen molar-refractivity contribution >= 4 is 33.1 Å². The number of likely N-dealkylation sites (tertiary alicyclic amines) is 1. The number of aromatic amines is 1. The summed E-state index contributed by atoms with van der Waals surface area (Å²) in [5.74, 6) is 0.794. The van der Waals surface area contributed by atoms with Crippen molar-refractivity contribution in [1.82, 2.24) is 30.0 Å². The largest absolute Gasteiger partial charge is 0.346 e. The van der Waals surface area contributed by atoms with Crippen LogP contribution < -0.4 is 0 Å². The lowest BCUT2D eigenvalue weighted by Gasteiger charge is -2.19. The predicted octanol–water partition coefficient (Wildman–Crippen LogP) is 1.07. The van der Waals surface area contributed by atoms with E-state index in [0.717, 1.165) is 28.7 Å². The smallest absolute Gasteiger partial charge is 0.200 e. The molecule has 3 aromatic heterocycles. The first-order valence-corrected chi connectivity index (χ1v) is 8.96. The fourth-order valence-electron chi connectivity index (χ4n) is 3.45. The number of aromatic nitrogens is 5. The molecule has 0 bridgehead atoms. The Hall–Kier alpha value is -2.48. The molecule has 128 valence electrons. The number of nitriles is 1. The summed E-state index contributed by atoms with van der Waals surface area (Å²) >= 11 is -2.20. The van der Waals surface area contributed by atoms with Gasteiger partial charge in [0.1, 0.15) is 5.82 Å². The fourth-order valence-corrected chi connectivity index (χ4v) is 3.99. The highest BCUT2D eigenvalue weighted by Crippen LogP contribution is 2.34. The van der Waals surface area contributed by atoms with E-state index in [2.05, 4.69) is 25.1 Å². The number of rotatable bonds is 3. The van der Waals surface area contributed by atoms with Crippen LogP contribution in [0.15, 0.2) is 12.3 Å². The molecular formula is C15H15N7O2S. The van der Waals surface area contributed by atoms with E-state index in [1.165, 1.54) is 0 Å². The molecule has 0 spiro atoms. The van der Waals surface area contributed by atoms with Crippen molar-refractivity contribution in [3.63, 3.8) is 0 Å². The number of aryl methyl sites for hydroxylation is 1. The van der Waals surface area contributed by atoms with Gasteiger partial charge in [0.05, 0.1) is 11.5 Å². The fraction of sp³-hybridized carbons (Fsp3) is 0.400. The predicted molar refractivity (Wildman–Crippen MR) is 90.8 cm³/mol. The summed E-state index contributed by atoms with van der Waals surface area (Å²) in [5, 5.41) is 18.2. The molecule has 2 N–H and O–H groups in total. The van der Waals surface area contributed by atoms with Crippen molar-refractivity contribution in [3.8, 4) is 6.07 Å². The molecular weight excluding hydrogens is 342 g/mol. The van der Waals surface area contributed by atoms with Crippen LogP contribution in [-0.2, 0) is 11.1 Å². The Labute approximate surface area is 145 Å². The van der Waals surface area contributed by atoms with E-state index in [-0.39, 0.29) is 5.92 Å². The number of fused-ring (bicyclic) bond motifs is 3. The number of nitrogens with zero attached hydrogens (tertiary/aromatic N) is 6. The molecule has 0 aliphatic carbocycles. The Morgan fingerprint density at radius 1 is 1.48 bits per heavy atom. The van der Waals surface area contributed by atoms with Gasteiger partial charge >= 0.3 is 0 Å². The number of nitrogens with one attached hydrogen (secondary N) is 1. The van der Waals surface area contributed by atoms with Crippen LogP contribution in [0.2, 0.25) is 0 Å². The Balaban J connectivity index is 1.81. The van der Waals surface area contributed by atoms with Crippen molar-refractivity contribution in [1.29, 1.82) is 5.26 Å². The second-order valence-corrected chi connectivity index (χ2v) is 7.05. The number of H-pyrrole nitrogens is 1. The minimum atomic E-state index is -2.20. The second kappa shape index (κ2) is 6.11. The van der Waals surface area contributed by atoms with E-state index < -0.39 is 16.5 Å². The second-order valence-electron chi connectivity index (χ2n) is 6.05. The van der Waals surface area contributed by atoms with Crippen LogP contribution in [0.3, 0.4) is 0 Å². The monoisotopic (exact) mass is 357 g/mol. The van der Waals surface area contributed by atoms with Crippen LogP contribution in [0.1, 0.15) is 23.9 Å². The number of hydrogen-bond donors (Lipinski definition) is 2. The zero-order valence-electron chi connectivity index (χ0n) is 13.4. The third kappa shape index (κ3) is 2.66. The van der Waals surface area contributed by atoms with E-state index in [9.17, 15) is 8.76 Å². The van der Waals surface area contributed by atoms with Crippen LogP contribution in [0.5, 0.6) is 0 Å². The molecule has 4 heterocycles. The number of hydrogen-bond acceptors (Lipinski definition) is 7. The first kappa shape index (κ1) is 16.0. The molecule has 0 aromatic carbocycles. The van der Waals surface area contributed by atoms with Crippen LogP contribution >= 0.6 is 0 Å². The zero-order valence-corrected chi connectivity index (χ0v) is 14.2. The van der Waals surface area contributed by atoms with Crippen LogP contribution in [0.4, 0.5) is 0 Å². The molecule has 1 saturated heterocycles. The molecule has 0 saturated carbocycles. The van der Waals surface area contributed by atoms with Gasteiger partial charge in [0, 0.05) is 36.3 Å². The van der Waals surface area contributed by atoms with E-state index >= 15 is 0 Å². The van der Waals surface area contributed by atoms with Crippen molar-refractivity contribution in [2.24, 2.45) is 0 Å². The molecule has 3 unspecified atom stereocenters. The highest BCUT2D eigenvalue weighted by atomic mass is 32.2. The van der Waals surface area contributed by atoms with Gasteiger partial charge in [-0.05, 0) is 19.4 Å². The average Bonchev–Trinajstić information content (AvgIpc) is 3.23. The summed E-state index contributed by atoms with van der Waals surface area (Å²) < 4.78 is 20.7. The molecule has 3 atom stereocenters. The van der Waals surface area contributed by atoms with Crippen LogP contribution in [-0.4, -0.2) is 57.3 Å². The Morgan fingerprint density at radius 2 is 2.28 bits per heavy atom. The molecule has 4 rings (SSSR count). The van der Waals surface area contributed by atoms with Crippen molar-refractivity contribution in [2.45, 2.75) is 24.6 Å². The normalized spacial score (nSPS) is 20.8. The third-order valence-corrected chi connectivity index (χ3v) is 5.32. The van der Waals surface area contributed by atoms with Crippen molar-refractivity contribution in [3.05, 3.63) is 23.8 Å². The molecule has 9 nitrogen and oxygen atoms in total. The van der Waals surface area contributed by atoms with E-state index in [4.69, 9.17) is 5.26 Å². The van der Waals surface area contributed by atoms with Crippen LogP contribution in [0.25, 0.3) is 22.1 Å². The lowest BCUT2D eigenvalue weighted by atomic mass is 10.00. The topological polar surface area (TPSA) is 132 Å². The summed E-state index contributed by atoms with van der Waals surface area (Å²) in [7, 11) is 0. The van der Waals surface area contributed by atoms with E-state index in [0.29, 0.717) is 24.4 Å². The minimum Gasteiger partial charge on any atom is -0.346 e. The summed E-state index contributed by atoms with van der Waals surface area (Å²) in [6, 6.07) is 3.79. The molecule has 1 fully saturated rings. The van der Waals surface area contributed by atoms with Gasteiger partial charge in [-0.2, -0.15) is 5.26 Å². The first-order chi connectivity index (χ1) is 12.1. The van der Waals surface area contributed by atoms with Crippen LogP contribution in [0, 0.1) is 18.3 Å². The zero-order chi connectivity index (χ0) is 17.6. The summed E-state index contributed by atoms with van der Waals surface area (Å²) in [6.07, 6.45) is 2.45. The van der Waals surface area contributed by atoms with Gasteiger partial charge in [-0.3, -0.25) is 4.90 Å². The maximum absolute atomic E-state index is 11.4. The minimum absolute atomic E-state index is 0.0749. The lowest BCUT2D eigenvalue weighted by Crippen LogP contribution is -2.35. The lowest BCUT2D eigenvalue weighted by molar-refractivity contribution is 0.335. The van der Waals surface area contributed by atoms with Gasteiger partial charge in [-0.15, -0.1) is 10.2 Å². The molecule has 1 aliphatic rings. The summed E-state index contributed by atoms with van der Waals surface area (Å²) in [5.41, 5.74) is 2.07.